The van der Waals surface area contributed by atoms with Crippen LogP contribution in [-0.2, 0) is 20.9 Å². The van der Waals surface area contributed by atoms with E-state index < -0.39 is 12.1 Å². The SMILES string of the molecule is CCCCCn1c(N2C[C@@H](O)C[C@H]2C(=O)CCCC(=O)OCC)cc(=O)n2cc(-c3ccc(Cl)cc3)nc12. The quantitative estimate of drug-likeness (QED) is 0.269. The zero-order valence-corrected chi connectivity index (χ0v) is 22.7. The first-order chi connectivity index (χ1) is 18.3. The number of Topliss-reactive ketones (excluding diaryl/α,β-unsaturated/α-hetero) is 1. The third kappa shape index (κ3) is 6.27. The number of benzene rings is 1. The fraction of sp³-hybridized carbons (Fsp3) is 0.500. The van der Waals surface area contributed by atoms with E-state index in [1.807, 2.05) is 21.6 Å². The molecule has 0 saturated carbocycles. The molecular weight excluding hydrogens is 508 g/mol. The minimum Gasteiger partial charge on any atom is -0.466 e. The Morgan fingerprint density at radius 1 is 1.13 bits per heavy atom. The van der Waals surface area contributed by atoms with E-state index in [0.29, 0.717) is 41.9 Å². The summed E-state index contributed by atoms with van der Waals surface area (Å²) in [4.78, 5) is 44.8. The summed E-state index contributed by atoms with van der Waals surface area (Å²) in [5.41, 5.74) is 1.22. The summed E-state index contributed by atoms with van der Waals surface area (Å²) in [6.07, 6.45) is 4.94. The average Bonchev–Trinajstić information content (AvgIpc) is 3.51. The summed E-state index contributed by atoms with van der Waals surface area (Å²) in [5.74, 6) is 0.675. The minimum atomic E-state index is -0.700. The fourth-order valence-corrected chi connectivity index (χ4v) is 5.12. The molecule has 3 heterocycles. The normalized spacial score (nSPS) is 17.3. The number of rotatable bonds is 12. The van der Waals surface area contributed by atoms with E-state index >= 15 is 0 Å². The number of nitrogens with zero attached hydrogens (tertiary/aromatic N) is 4. The van der Waals surface area contributed by atoms with Gasteiger partial charge in [-0.25, -0.2) is 4.98 Å². The maximum atomic E-state index is 13.3. The van der Waals surface area contributed by atoms with Gasteiger partial charge in [-0.3, -0.25) is 23.4 Å². The second-order valence-corrected chi connectivity index (χ2v) is 10.1. The van der Waals surface area contributed by atoms with Crippen LogP contribution in [0.1, 0.15) is 58.8 Å². The van der Waals surface area contributed by atoms with Crippen LogP contribution in [0.5, 0.6) is 0 Å². The van der Waals surface area contributed by atoms with Gasteiger partial charge in [-0.15, -0.1) is 0 Å². The lowest BCUT2D eigenvalue weighted by Gasteiger charge is -2.28. The molecule has 0 unspecified atom stereocenters. The number of β-amino-alcohol motifs (C(OH)–C–C–N with tert-alkyl or cyclic N) is 1. The Bertz CT molecular complexity index is 1330. The maximum absolute atomic E-state index is 13.3. The smallest absolute Gasteiger partial charge is 0.305 e. The van der Waals surface area contributed by atoms with Gasteiger partial charge >= 0.3 is 5.97 Å². The number of aromatic nitrogens is 3. The fourth-order valence-electron chi connectivity index (χ4n) is 4.99. The molecule has 0 spiro atoms. The lowest BCUT2D eigenvalue weighted by Crippen LogP contribution is -2.39. The monoisotopic (exact) mass is 542 g/mol. The highest BCUT2D eigenvalue weighted by molar-refractivity contribution is 6.30. The van der Waals surface area contributed by atoms with Crippen molar-refractivity contribution in [1.29, 1.82) is 0 Å². The molecule has 2 aromatic heterocycles. The second-order valence-electron chi connectivity index (χ2n) is 9.69. The highest BCUT2D eigenvalue weighted by Crippen LogP contribution is 2.29. The van der Waals surface area contributed by atoms with Crippen molar-refractivity contribution >= 4 is 34.9 Å². The molecule has 0 radical (unpaired) electrons. The Balaban J connectivity index is 1.69. The molecule has 38 heavy (non-hydrogen) atoms. The molecule has 4 rings (SSSR count). The first kappa shape index (κ1) is 27.9. The van der Waals surface area contributed by atoms with Crippen LogP contribution >= 0.6 is 11.6 Å². The van der Waals surface area contributed by atoms with E-state index in [0.717, 1.165) is 24.8 Å². The number of fused-ring (bicyclic) bond motifs is 1. The Kier molecular flexibility index (Phi) is 9.22. The predicted molar refractivity (Wildman–Crippen MR) is 147 cm³/mol. The number of aryl methyl sites for hydroxylation is 1. The number of ether oxygens (including phenoxy) is 1. The summed E-state index contributed by atoms with van der Waals surface area (Å²) in [6, 6.07) is 8.23. The number of carbonyl (C=O) groups excluding carboxylic acids is 2. The first-order valence-corrected chi connectivity index (χ1v) is 13.7. The van der Waals surface area contributed by atoms with Crippen molar-refractivity contribution in [3.8, 4) is 11.3 Å². The molecule has 1 N–H and O–H groups in total. The Morgan fingerprint density at radius 2 is 1.89 bits per heavy atom. The van der Waals surface area contributed by atoms with Crippen molar-refractivity contribution in [2.24, 2.45) is 0 Å². The van der Waals surface area contributed by atoms with Crippen LogP contribution < -0.4 is 10.5 Å². The largest absolute Gasteiger partial charge is 0.466 e. The third-order valence-corrected chi connectivity index (χ3v) is 7.13. The van der Waals surface area contributed by atoms with Crippen LogP contribution in [0.25, 0.3) is 17.0 Å². The van der Waals surface area contributed by atoms with Crippen molar-refractivity contribution in [3.63, 3.8) is 0 Å². The van der Waals surface area contributed by atoms with Crippen molar-refractivity contribution in [2.45, 2.75) is 77.5 Å². The zero-order chi connectivity index (χ0) is 27.2. The van der Waals surface area contributed by atoms with E-state index in [9.17, 15) is 19.5 Å². The molecule has 1 fully saturated rings. The Labute approximate surface area is 227 Å². The van der Waals surface area contributed by atoms with E-state index in [1.54, 1.807) is 25.3 Å². The van der Waals surface area contributed by atoms with E-state index in [4.69, 9.17) is 21.3 Å². The summed E-state index contributed by atoms with van der Waals surface area (Å²) < 4.78 is 8.47. The number of hydrogen-bond donors (Lipinski definition) is 1. The average molecular weight is 543 g/mol. The summed E-state index contributed by atoms with van der Waals surface area (Å²) in [7, 11) is 0. The number of esters is 1. The minimum absolute atomic E-state index is 0.0662. The highest BCUT2D eigenvalue weighted by atomic mass is 35.5. The van der Waals surface area contributed by atoms with Gasteiger partial charge in [0.05, 0.1) is 24.4 Å². The molecule has 1 aromatic carbocycles. The highest BCUT2D eigenvalue weighted by Gasteiger charge is 2.37. The zero-order valence-electron chi connectivity index (χ0n) is 21.9. The molecule has 10 heteroatoms. The third-order valence-electron chi connectivity index (χ3n) is 6.87. The van der Waals surface area contributed by atoms with Gasteiger partial charge in [0.15, 0.2) is 5.78 Å². The molecule has 3 aromatic rings. The van der Waals surface area contributed by atoms with Crippen molar-refractivity contribution in [2.75, 3.05) is 18.1 Å². The van der Waals surface area contributed by atoms with Crippen molar-refractivity contribution in [3.05, 3.63) is 51.9 Å². The van der Waals surface area contributed by atoms with Crippen molar-refractivity contribution in [1.82, 2.24) is 14.0 Å². The molecular formula is C28H35ClN4O5. The van der Waals surface area contributed by atoms with Gasteiger partial charge in [0.1, 0.15) is 5.82 Å². The number of imidazole rings is 1. The van der Waals surface area contributed by atoms with Gasteiger partial charge in [0, 0.05) is 55.2 Å². The van der Waals surface area contributed by atoms with Crippen LogP contribution in [0.15, 0.2) is 41.3 Å². The van der Waals surface area contributed by atoms with E-state index in [1.165, 1.54) is 10.5 Å². The standard InChI is InChI=1S/C28H35ClN4O5/c1-3-5-6-14-31-25(32-17-21(34)15-23(32)24(35)8-7-9-27(37)38-4-2)16-26(36)33-18-22(30-28(31)33)19-10-12-20(29)13-11-19/h10-13,16,18,21,23,34H,3-9,14-15,17H2,1-2H3/t21-,23-/m0/s1. The number of aliphatic hydroxyl groups excluding tert-OH is 1. The Morgan fingerprint density at radius 3 is 2.61 bits per heavy atom. The van der Waals surface area contributed by atoms with Gasteiger partial charge in [0.25, 0.3) is 5.56 Å². The summed E-state index contributed by atoms with van der Waals surface area (Å²) in [5, 5.41) is 11.2. The van der Waals surface area contributed by atoms with Crippen LogP contribution in [-0.4, -0.2) is 56.1 Å². The van der Waals surface area contributed by atoms with Gasteiger partial charge < -0.3 is 14.7 Å². The van der Waals surface area contributed by atoms with E-state index in [-0.39, 0.29) is 43.1 Å². The molecule has 2 atom stereocenters. The lowest BCUT2D eigenvalue weighted by molar-refractivity contribution is -0.143. The van der Waals surface area contributed by atoms with Crippen LogP contribution in [0.3, 0.4) is 0 Å². The lowest BCUT2D eigenvalue weighted by atomic mass is 10.0. The summed E-state index contributed by atoms with van der Waals surface area (Å²) >= 11 is 6.05. The number of anilines is 1. The number of carbonyl (C=O) groups is 2. The van der Waals surface area contributed by atoms with Crippen molar-refractivity contribution < 1.29 is 19.4 Å². The number of hydrogen-bond acceptors (Lipinski definition) is 7. The second kappa shape index (κ2) is 12.6. The summed E-state index contributed by atoms with van der Waals surface area (Å²) in [6.45, 7) is 5.03. The predicted octanol–water partition coefficient (Wildman–Crippen LogP) is 4.25. The molecule has 0 amide bonds. The number of halogens is 1. The van der Waals surface area contributed by atoms with Gasteiger partial charge in [-0.05, 0) is 31.9 Å². The van der Waals surface area contributed by atoms with E-state index in [2.05, 4.69) is 6.92 Å². The van der Waals surface area contributed by atoms with Crippen LogP contribution in [0.2, 0.25) is 5.02 Å². The van der Waals surface area contributed by atoms with Gasteiger partial charge in [0.2, 0.25) is 5.78 Å². The topological polar surface area (TPSA) is 106 Å². The van der Waals surface area contributed by atoms with Gasteiger partial charge in [-0.2, -0.15) is 0 Å². The molecule has 1 aliphatic heterocycles. The molecule has 204 valence electrons. The van der Waals surface area contributed by atoms with Crippen LogP contribution in [0, 0.1) is 0 Å². The maximum Gasteiger partial charge on any atom is 0.305 e. The first-order valence-electron chi connectivity index (χ1n) is 13.3. The number of aliphatic hydroxyl groups is 1. The number of ketones is 1. The van der Waals surface area contributed by atoms with Gasteiger partial charge in [-0.1, -0.05) is 43.5 Å². The molecule has 0 bridgehead atoms. The molecule has 9 nitrogen and oxygen atoms in total. The number of unbranched alkanes of at least 4 members (excludes halogenated alkanes) is 2. The molecule has 1 aliphatic rings. The Hall–Kier alpha value is -3.17. The van der Waals surface area contributed by atoms with Crippen LogP contribution in [0.4, 0.5) is 5.82 Å². The molecule has 1 saturated heterocycles. The molecule has 0 aliphatic carbocycles.